The van der Waals surface area contributed by atoms with Gasteiger partial charge in [-0.15, -0.1) is 0 Å². The second-order valence-corrected chi connectivity index (χ2v) is 6.02. The number of fused-ring (bicyclic) bond motifs is 1. The van der Waals surface area contributed by atoms with E-state index in [-0.39, 0.29) is 0 Å². The van der Waals surface area contributed by atoms with Crippen LogP contribution in [0.15, 0.2) is 40.9 Å². The fourth-order valence-electron chi connectivity index (χ4n) is 3.06. The van der Waals surface area contributed by atoms with Gasteiger partial charge in [-0.05, 0) is 38.3 Å². The van der Waals surface area contributed by atoms with Crippen LogP contribution in [0.4, 0.5) is 23.3 Å². The van der Waals surface area contributed by atoms with Crippen molar-refractivity contribution in [3.8, 4) is 0 Å². The lowest BCUT2D eigenvalue weighted by Crippen LogP contribution is -2.25. The molecule has 6 nitrogen and oxygen atoms in total. The molecule has 0 aliphatic carbocycles. The lowest BCUT2D eigenvalue weighted by molar-refractivity contribution is 0.400. The third-order valence-electron chi connectivity index (χ3n) is 4.10. The third-order valence-corrected chi connectivity index (χ3v) is 4.10. The minimum absolute atomic E-state index is 0.529. The summed E-state index contributed by atoms with van der Waals surface area (Å²) in [5.41, 5.74) is 3.50. The molecule has 0 atom stereocenters. The van der Waals surface area contributed by atoms with Crippen LogP contribution in [0, 0.1) is 13.8 Å². The van der Waals surface area contributed by atoms with Gasteiger partial charge in [-0.2, -0.15) is 4.98 Å². The third kappa shape index (κ3) is 2.82. The second-order valence-electron chi connectivity index (χ2n) is 6.02. The Morgan fingerprint density at radius 3 is 2.83 bits per heavy atom. The summed E-state index contributed by atoms with van der Waals surface area (Å²) in [6, 6.07) is 12.3. The molecule has 0 saturated carbocycles. The molecule has 0 radical (unpaired) electrons. The number of anilines is 4. The zero-order valence-corrected chi connectivity index (χ0v) is 13.8. The van der Waals surface area contributed by atoms with Crippen molar-refractivity contribution in [1.82, 2.24) is 15.1 Å². The van der Waals surface area contributed by atoms with E-state index in [9.17, 15) is 0 Å². The van der Waals surface area contributed by atoms with Crippen LogP contribution in [0.1, 0.15) is 23.4 Å². The first-order chi connectivity index (χ1) is 11.7. The van der Waals surface area contributed by atoms with Gasteiger partial charge in [0.1, 0.15) is 11.6 Å². The Morgan fingerprint density at radius 2 is 2.00 bits per heavy atom. The monoisotopic (exact) mass is 321 g/mol. The molecule has 1 aromatic carbocycles. The summed E-state index contributed by atoms with van der Waals surface area (Å²) in [7, 11) is 0. The van der Waals surface area contributed by atoms with Gasteiger partial charge >= 0.3 is 0 Å². The molecule has 122 valence electrons. The molecule has 4 rings (SSSR count). The van der Waals surface area contributed by atoms with Gasteiger partial charge in [0.15, 0.2) is 5.82 Å². The van der Waals surface area contributed by atoms with Crippen LogP contribution in [0.5, 0.6) is 0 Å². The van der Waals surface area contributed by atoms with Gasteiger partial charge in [-0.3, -0.25) is 0 Å². The Labute approximate surface area is 140 Å². The standard InChI is InChI=1S/C18H19N5O/c1-12-10-17(21-18(19-12)20-16-11-13(2)24-22-16)23-9-5-7-14-6-3-4-8-15(14)23/h3-4,6,8,10-11H,5,7,9H2,1-2H3,(H,19,20,21,22). The maximum atomic E-state index is 5.08. The van der Waals surface area contributed by atoms with Gasteiger partial charge in [0.05, 0.1) is 0 Å². The Kier molecular flexibility index (Phi) is 3.65. The predicted octanol–water partition coefficient (Wildman–Crippen LogP) is 3.91. The molecule has 3 heterocycles. The van der Waals surface area contributed by atoms with Crippen molar-refractivity contribution in [3.05, 3.63) is 53.4 Å². The van der Waals surface area contributed by atoms with Crippen molar-refractivity contribution < 1.29 is 4.52 Å². The van der Waals surface area contributed by atoms with Gasteiger partial charge in [-0.1, -0.05) is 23.4 Å². The van der Waals surface area contributed by atoms with Gasteiger partial charge in [0.2, 0.25) is 5.95 Å². The molecule has 1 aliphatic heterocycles. The zero-order valence-electron chi connectivity index (χ0n) is 13.8. The van der Waals surface area contributed by atoms with E-state index in [1.165, 1.54) is 11.3 Å². The molecule has 2 aromatic heterocycles. The highest BCUT2D eigenvalue weighted by Crippen LogP contribution is 2.33. The Balaban J connectivity index is 1.69. The number of nitrogens with zero attached hydrogens (tertiary/aromatic N) is 4. The number of nitrogens with one attached hydrogen (secondary N) is 1. The van der Waals surface area contributed by atoms with E-state index in [0.717, 1.165) is 36.7 Å². The largest absolute Gasteiger partial charge is 0.360 e. The smallest absolute Gasteiger partial charge is 0.230 e. The van der Waals surface area contributed by atoms with E-state index in [1.54, 1.807) is 0 Å². The number of rotatable bonds is 3. The number of para-hydroxylation sites is 1. The van der Waals surface area contributed by atoms with Crippen molar-refractivity contribution in [1.29, 1.82) is 0 Å². The highest BCUT2D eigenvalue weighted by molar-refractivity contribution is 5.66. The Bertz CT molecular complexity index is 873. The summed E-state index contributed by atoms with van der Waals surface area (Å²) in [6.07, 6.45) is 2.23. The van der Waals surface area contributed by atoms with E-state index in [1.807, 2.05) is 26.0 Å². The van der Waals surface area contributed by atoms with Crippen LogP contribution in [0.2, 0.25) is 0 Å². The molecule has 1 aliphatic rings. The van der Waals surface area contributed by atoms with Gasteiger partial charge in [-0.25, -0.2) is 4.98 Å². The lowest BCUT2D eigenvalue weighted by atomic mass is 10.0. The fraction of sp³-hybridized carbons (Fsp3) is 0.278. The second kappa shape index (κ2) is 5.96. The van der Waals surface area contributed by atoms with Gasteiger partial charge < -0.3 is 14.7 Å². The van der Waals surface area contributed by atoms with Crippen molar-refractivity contribution in [2.75, 3.05) is 16.8 Å². The van der Waals surface area contributed by atoms with E-state index in [0.29, 0.717) is 11.8 Å². The van der Waals surface area contributed by atoms with Crippen molar-refractivity contribution >= 4 is 23.3 Å². The number of aryl methyl sites for hydroxylation is 3. The average molecular weight is 321 g/mol. The fourth-order valence-corrected chi connectivity index (χ4v) is 3.06. The summed E-state index contributed by atoms with van der Waals surface area (Å²) in [4.78, 5) is 11.4. The first-order valence-corrected chi connectivity index (χ1v) is 8.10. The molecule has 0 amide bonds. The topological polar surface area (TPSA) is 67.1 Å². The summed E-state index contributed by atoms with van der Waals surface area (Å²) in [6.45, 7) is 4.78. The van der Waals surface area contributed by atoms with Gasteiger partial charge in [0.25, 0.3) is 0 Å². The summed E-state index contributed by atoms with van der Waals surface area (Å²) >= 11 is 0. The summed E-state index contributed by atoms with van der Waals surface area (Å²) in [5.74, 6) is 2.79. The molecule has 0 bridgehead atoms. The number of aromatic nitrogens is 3. The highest BCUT2D eigenvalue weighted by Gasteiger charge is 2.19. The van der Waals surface area contributed by atoms with Crippen LogP contribution in [0.25, 0.3) is 0 Å². The molecular weight excluding hydrogens is 302 g/mol. The molecule has 0 spiro atoms. The number of benzene rings is 1. The minimum Gasteiger partial charge on any atom is -0.360 e. The molecule has 0 unspecified atom stereocenters. The molecular formula is C18H19N5O. The van der Waals surface area contributed by atoms with Crippen molar-refractivity contribution in [2.45, 2.75) is 26.7 Å². The molecule has 24 heavy (non-hydrogen) atoms. The minimum atomic E-state index is 0.529. The lowest BCUT2D eigenvalue weighted by Gasteiger charge is -2.30. The molecule has 0 fully saturated rings. The van der Waals surface area contributed by atoms with E-state index in [2.05, 4.69) is 49.6 Å². The van der Waals surface area contributed by atoms with Crippen LogP contribution in [-0.2, 0) is 6.42 Å². The molecule has 3 aromatic rings. The maximum Gasteiger partial charge on any atom is 0.230 e. The SMILES string of the molecule is Cc1cc(N2CCCc3ccccc32)nc(Nc2cc(C)on2)n1. The highest BCUT2D eigenvalue weighted by atomic mass is 16.5. The normalized spacial score (nSPS) is 13.7. The van der Waals surface area contributed by atoms with Crippen LogP contribution in [0.3, 0.4) is 0 Å². The van der Waals surface area contributed by atoms with Crippen molar-refractivity contribution in [3.63, 3.8) is 0 Å². The molecule has 6 heteroatoms. The first-order valence-electron chi connectivity index (χ1n) is 8.10. The first kappa shape index (κ1) is 14.7. The number of hydrogen-bond acceptors (Lipinski definition) is 6. The van der Waals surface area contributed by atoms with Crippen LogP contribution < -0.4 is 10.2 Å². The van der Waals surface area contributed by atoms with E-state index in [4.69, 9.17) is 4.52 Å². The molecule has 1 N–H and O–H groups in total. The Hall–Kier alpha value is -2.89. The van der Waals surface area contributed by atoms with Crippen molar-refractivity contribution in [2.24, 2.45) is 0 Å². The van der Waals surface area contributed by atoms with Crippen LogP contribution >= 0.6 is 0 Å². The van der Waals surface area contributed by atoms with E-state index >= 15 is 0 Å². The molecule has 0 saturated heterocycles. The quantitative estimate of drug-likeness (QED) is 0.789. The van der Waals surface area contributed by atoms with Crippen LogP contribution in [-0.4, -0.2) is 21.7 Å². The average Bonchev–Trinajstić information content (AvgIpc) is 2.98. The Morgan fingerprint density at radius 1 is 1.12 bits per heavy atom. The summed E-state index contributed by atoms with van der Waals surface area (Å²) in [5, 5.41) is 7.05. The predicted molar refractivity (Wildman–Crippen MR) is 93.1 cm³/mol. The zero-order chi connectivity index (χ0) is 16.5. The summed E-state index contributed by atoms with van der Waals surface area (Å²) < 4.78 is 5.08. The van der Waals surface area contributed by atoms with Gasteiger partial charge in [0, 0.05) is 30.1 Å². The van der Waals surface area contributed by atoms with E-state index < -0.39 is 0 Å². The maximum absolute atomic E-state index is 5.08. The number of hydrogen-bond donors (Lipinski definition) is 1.